The second kappa shape index (κ2) is 9.33. The molecule has 0 aliphatic carbocycles. The number of anilines is 1. The zero-order chi connectivity index (χ0) is 15.9. The summed E-state index contributed by atoms with van der Waals surface area (Å²) in [5.41, 5.74) is 2.22. The van der Waals surface area contributed by atoms with Gasteiger partial charge in [0, 0.05) is 52.7 Å². The Morgan fingerprint density at radius 2 is 1.96 bits per heavy atom. The van der Waals surface area contributed by atoms with E-state index in [0.717, 1.165) is 23.0 Å². The van der Waals surface area contributed by atoms with E-state index < -0.39 is 0 Å². The molecule has 0 amide bonds. The fraction of sp³-hybridized carbons (Fsp3) is 0.400. The second-order valence-corrected chi connectivity index (χ2v) is 5.11. The number of pyridine rings is 1. The van der Waals surface area contributed by atoms with Gasteiger partial charge in [-0.15, -0.1) is 24.0 Å². The number of hydrogen-bond acceptors (Lipinski definition) is 4. The summed E-state index contributed by atoms with van der Waals surface area (Å²) in [6.07, 6.45) is 3.58. The number of hydrogen-bond donors (Lipinski definition) is 2. The minimum atomic E-state index is 0. The highest BCUT2D eigenvalue weighted by atomic mass is 127. The van der Waals surface area contributed by atoms with Gasteiger partial charge >= 0.3 is 0 Å². The van der Waals surface area contributed by atoms with Crippen molar-refractivity contribution in [2.45, 2.75) is 13.1 Å². The monoisotopic (exact) mass is 429 g/mol. The molecule has 7 nitrogen and oxygen atoms in total. The molecule has 0 radical (unpaired) electrons. The Morgan fingerprint density at radius 1 is 1.22 bits per heavy atom. The van der Waals surface area contributed by atoms with Crippen molar-refractivity contribution in [3.8, 4) is 0 Å². The van der Waals surface area contributed by atoms with E-state index in [4.69, 9.17) is 0 Å². The van der Waals surface area contributed by atoms with Gasteiger partial charge < -0.3 is 15.5 Å². The van der Waals surface area contributed by atoms with Crippen LogP contribution >= 0.6 is 24.0 Å². The molecule has 0 spiro atoms. The molecular weight excluding hydrogens is 405 g/mol. The standard InChI is InChI=1S/C15H23N7.HI/c1-16-15(19-11-13-7-9-20-22(13)4)18-10-12-6-5-8-17-14(12)21(2)3;/h5-9H,10-11H2,1-4H3,(H2,16,18,19);1H. The Balaban J connectivity index is 0.00000264. The Kier molecular flexibility index (Phi) is 7.79. The van der Waals surface area contributed by atoms with Gasteiger partial charge in [-0.3, -0.25) is 9.67 Å². The predicted octanol–water partition coefficient (Wildman–Crippen LogP) is 1.36. The van der Waals surface area contributed by atoms with Gasteiger partial charge in [0.05, 0.1) is 12.2 Å². The highest BCUT2D eigenvalue weighted by Crippen LogP contribution is 2.13. The maximum atomic E-state index is 4.39. The smallest absolute Gasteiger partial charge is 0.191 e. The quantitative estimate of drug-likeness (QED) is 0.427. The lowest BCUT2D eigenvalue weighted by molar-refractivity contribution is 0.684. The molecule has 0 saturated heterocycles. The van der Waals surface area contributed by atoms with E-state index in [1.807, 2.05) is 42.9 Å². The molecule has 2 aromatic rings. The lowest BCUT2D eigenvalue weighted by Gasteiger charge is -2.17. The lowest BCUT2D eigenvalue weighted by atomic mass is 10.2. The number of nitrogens with zero attached hydrogens (tertiary/aromatic N) is 5. The summed E-state index contributed by atoms with van der Waals surface area (Å²) in [6.45, 7) is 1.33. The van der Waals surface area contributed by atoms with Crippen molar-refractivity contribution in [1.29, 1.82) is 0 Å². The summed E-state index contributed by atoms with van der Waals surface area (Å²) >= 11 is 0. The third kappa shape index (κ3) is 5.38. The van der Waals surface area contributed by atoms with Crippen LogP contribution in [-0.2, 0) is 20.1 Å². The third-order valence-electron chi connectivity index (χ3n) is 3.32. The molecule has 8 heteroatoms. The Bertz CT molecular complexity index is 636. The number of halogens is 1. The van der Waals surface area contributed by atoms with Crippen LogP contribution < -0.4 is 15.5 Å². The molecule has 0 aliphatic rings. The summed E-state index contributed by atoms with van der Waals surface area (Å²) in [5.74, 6) is 1.70. The number of aromatic nitrogens is 3. The normalized spacial score (nSPS) is 10.9. The second-order valence-electron chi connectivity index (χ2n) is 5.11. The molecule has 0 aliphatic heterocycles. The first kappa shape index (κ1) is 19.2. The fourth-order valence-corrected chi connectivity index (χ4v) is 2.12. The predicted molar refractivity (Wildman–Crippen MR) is 104 cm³/mol. The third-order valence-corrected chi connectivity index (χ3v) is 3.32. The highest BCUT2D eigenvalue weighted by Gasteiger charge is 2.06. The number of aryl methyl sites for hydroxylation is 1. The van der Waals surface area contributed by atoms with Crippen molar-refractivity contribution in [2.24, 2.45) is 12.0 Å². The highest BCUT2D eigenvalue weighted by molar-refractivity contribution is 14.0. The van der Waals surface area contributed by atoms with E-state index in [-0.39, 0.29) is 24.0 Å². The van der Waals surface area contributed by atoms with Crippen LogP contribution in [0.15, 0.2) is 35.6 Å². The zero-order valence-corrected chi connectivity index (χ0v) is 16.3. The van der Waals surface area contributed by atoms with Crippen molar-refractivity contribution < 1.29 is 0 Å². The van der Waals surface area contributed by atoms with E-state index in [1.54, 1.807) is 19.4 Å². The van der Waals surface area contributed by atoms with Crippen LogP contribution in [0.25, 0.3) is 0 Å². The van der Waals surface area contributed by atoms with Crippen molar-refractivity contribution in [2.75, 3.05) is 26.0 Å². The van der Waals surface area contributed by atoms with Gasteiger partial charge in [0.15, 0.2) is 5.96 Å². The van der Waals surface area contributed by atoms with Crippen molar-refractivity contribution in [3.05, 3.63) is 41.9 Å². The van der Waals surface area contributed by atoms with Crippen LogP contribution in [-0.4, -0.2) is 41.9 Å². The van der Waals surface area contributed by atoms with Crippen molar-refractivity contribution in [3.63, 3.8) is 0 Å². The van der Waals surface area contributed by atoms with Gasteiger partial charge in [-0.05, 0) is 12.1 Å². The summed E-state index contributed by atoms with van der Waals surface area (Å²) in [6, 6.07) is 5.98. The molecule has 2 heterocycles. The fourth-order valence-electron chi connectivity index (χ4n) is 2.12. The molecule has 2 aromatic heterocycles. The van der Waals surface area contributed by atoms with Gasteiger partial charge in [0.1, 0.15) is 5.82 Å². The molecule has 0 fully saturated rings. The lowest BCUT2D eigenvalue weighted by Crippen LogP contribution is -2.37. The number of rotatable bonds is 5. The first-order valence-corrected chi connectivity index (χ1v) is 7.14. The average molecular weight is 429 g/mol. The van der Waals surface area contributed by atoms with Crippen LogP contribution in [0, 0.1) is 0 Å². The van der Waals surface area contributed by atoms with E-state index in [1.165, 1.54) is 0 Å². The SMILES string of the molecule is CN=C(NCc1cccnc1N(C)C)NCc1ccnn1C.I. The van der Waals surface area contributed by atoms with Crippen LogP contribution in [0.2, 0.25) is 0 Å². The number of guanidine groups is 1. The van der Waals surface area contributed by atoms with Crippen molar-refractivity contribution in [1.82, 2.24) is 25.4 Å². The first-order valence-electron chi connectivity index (χ1n) is 7.14. The summed E-state index contributed by atoms with van der Waals surface area (Å²) < 4.78 is 1.84. The number of nitrogens with one attached hydrogen (secondary N) is 2. The summed E-state index contributed by atoms with van der Waals surface area (Å²) in [7, 11) is 7.66. The van der Waals surface area contributed by atoms with Crippen LogP contribution in [0.4, 0.5) is 5.82 Å². The van der Waals surface area contributed by atoms with Gasteiger partial charge in [-0.25, -0.2) is 4.98 Å². The van der Waals surface area contributed by atoms with Gasteiger partial charge in [0.25, 0.3) is 0 Å². The van der Waals surface area contributed by atoms with Crippen LogP contribution in [0.3, 0.4) is 0 Å². The van der Waals surface area contributed by atoms with Crippen LogP contribution in [0.1, 0.15) is 11.3 Å². The summed E-state index contributed by atoms with van der Waals surface area (Å²) in [4.78, 5) is 10.6. The summed E-state index contributed by atoms with van der Waals surface area (Å²) in [5, 5.41) is 10.7. The topological polar surface area (TPSA) is 70.4 Å². The maximum Gasteiger partial charge on any atom is 0.191 e. The molecule has 0 saturated carbocycles. The van der Waals surface area contributed by atoms with E-state index in [0.29, 0.717) is 13.1 Å². The van der Waals surface area contributed by atoms with Crippen molar-refractivity contribution >= 4 is 35.8 Å². The van der Waals surface area contributed by atoms with Crippen LogP contribution in [0.5, 0.6) is 0 Å². The molecular formula is C15H24IN7. The molecule has 0 aromatic carbocycles. The molecule has 23 heavy (non-hydrogen) atoms. The molecule has 0 unspecified atom stereocenters. The zero-order valence-electron chi connectivity index (χ0n) is 13.9. The minimum Gasteiger partial charge on any atom is -0.362 e. The molecule has 0 bridgehead atoms. The Labute approximate surface area is 154 Å². The average Bonchev–Trinajstić information content (AvgIpc) is 2.93. The molecule has 2 rings (SSSR count). The first-order chi connectivity index (χ1) is 10.6. The Morgan fingerprint density at radius 3 is 2.57 bits per heavy atom. The molecule has 126 valence electrons. The number of aliphatic imine (C=N–C) groups is 1. The Hall–Kier alpha value is -1.84. The molecule has 0 atom stereocenters. The minimum absolute atomic E-state index is 0. The van der Waals surface area contributed by atoms with Gasteiger partial charge in [0.2, 0.25) is 0 Å². The van der Waals surface area contributed by atoms with Gasteiger partial charge in [-0.2, -0.15) is 5.10 Å². The largest absolute Gasteiger partial charge is 0.362 e. The maximum absolute atomic E-state index is 4.39. The van der Waals surface area contributed by atoms with E-state index >= 15 is 0 Å². The molecule has 2 N–H and O–H groups in total. The van der Waals surface area contributed by atoms with Gasteiger partial charge in [-0.1, -0.05) is 6.07 Å². The van der Waals surface area contributed by atoms with E-state index in [2.05, 4.69) is 31.8 Å². The van der Waals surface area contributed by atoms with E-state index in [9.17, 15) is 0 Å².